The monoisotopic (exact) mass is 352 g/mol. The van der Waals surface area contributed by atoms with Gasteiger partial charge in [-0.05, 0) is 18.4 Å². The second-order valence-electron chi connectivity index (χ2n) is 6.78. The van der Waals surface area contributed by atoms with Crippen molar-refractivity contribution in [2.24, 2.45) is 0 Å². The number of hydrogen-bond donors (Lipinski definition) is 1. The van der Waals surface area contributed by atoms with E-state index < -0.39 is 0 Å². The van der Waals surface area contributed by atoms with E-state index >= 15 is 0 Å². The third-order valence-electron chi connectivity index (χ3n) is 5.15. The second-order valence-corrected chi connectivity index (χ2v) is 6.78. The van der Waals surface area contributed by atoms with Gasteiger partial charge in [-0.15, -0.1) is 0 Å². The van der Waals surface area contributed by atoms with Crippen LogP contribution >= 0.6 is 0 Å². The summed E-state index contributed by atoms with van der Waals surface area (Å²) in [7, 11) is 1.68. The molecule has 1 aromatic carbocycles. The van der Waals surface area contributed by atoms with E-state index in [4.69, 9.17) is 9.47 Å². The van der Waals surface area contributed by atoms with E-state index in [9.17, 15) is 0 Å². The maximum Gasteiger partial charge on any atom is 0.157 e. The van der Waals surface area contributed by atoms with Crippen molar-refractivity contribution in [2.45, 2.75) is 24.9 Å². The summed E-state index contributed by atoms with van der Waals surface area (Å²) in [6, 6.07) is 14.7. The molecule has 0 bridgehead atoms. The molecule has 6 heteroatoms. The van der Waals surface area contributed by atoms with Crippen LogP contribution in [0.15, 0.2) is 48.7 Å². The second kappa shape index (κ2) is 7.43. The predicted octanol–water partition coefficient (Wildman–Crippen LogP) is 3.04. The van der Waals surface area contributed by atoms with Crippen LogP contribution in [-0.4, -0.2) is 41.5 Å². The molecule has 26 heavy (non-hydrogen) atoms. The molecule has 0 spiro atoms. The summed E-state index contributed by atoms with van der Waals surface area (Å²) < 4.78 is 12.7. The molecule has 3 aromatic rings. The molecule has 1 fully saturated rings. The first kappa shape index (κ1) is 17.0. The maximum atomic E-state index is 5.64. The lowest BCUT2D eigenvalue weighted by Crippen LogP contribution is -2.40. The molecule has 1 aliphatic rings. The van der Waals surface area contributed by atoms with E-state index in [0.29, 0.717) is 6.61 Å². The summed E-state index contributed by atoms with van der Waals surface area (Å²) in [5.41, 5.74) is 3.13. The Bertz CT molecular complexity index is 857. The molecule has 0 amide bonds. The van der Waals surface area contributed by atoms with Gasteiger partial charge in [0.1, 0.15) is 5.82 Å². The molecule has 0 aliphatic carbocycles. The average Bonchev–Trinajstić information content (AvgIpc) is 3.17. The van der Waals surface area contributed by atoms with Crippen molar-refractivity contribution in [3.63, 3.8) is 0 Å². The van der Waals surface area contributed by atoms with E-state index in [1.54, 1.807) is 13.3 Å². The summed E-state index contributed by atoms with van der Waals surface area (Å²) in [6.45, 7) is 2.89. The smallest absolute Gasteiger partial charge is 0.157 e. The first-order valence-electron chi connectivity index (χ1n) is 9.00. The highest BCUT2D eigenvalue weighted by atomic mass is 16.5. The lowest BCUT2D eigenvalue weighted by molar-refractivity contribution is 0.0543. The largest absolute Gasteiger partial charge is 0.381 e. The number of nitrogens with one attached hydrogen (secondary N) is 1. The lowest BCUT2D eigenvalue weighted by atomic mass is 9.74. The number of hydrogen-bond acceptors (Lipinski definition) is 5. The van der Waals surface area contributed by atoms with Gasteiger partial charge in [-0.1, -0.05) is 30.3 Å². The number of rotatable bonds is 6. The van der Waals surface area contributed by atoms with Crippen molar-refractivity contribution < 1.29 is 9.47 Å². The first-order valence-corrected chi connectivity index (χ1v) is 9.00. The van der Waals surface area contributed by atoms with E-state index in [1.807, 2.05) is 16.6 Å². The normalized spacial score (nSPS) is 16.7. The van der Waals surface area contributed by atoms with Crippen molar-refractivity contribution in [1.82, 2.24) is 14.6 Å². The van der Waals surface area contributed by atoms with Gasteiger partial charge < -0.3 is 14.8 Å². The van der Waals surface area contributed by atoms with Gasteiger partial charge in [-0.2, -0.15) is 9.61 Å². The number of ether oxygens (including phenoxy) is 2. The highest BCUT2D eigenvalue weighted by molar-refractivity contribution is 5.49. The number of nitrogens with zero attached hydrogens (tertiary/aromatic N) is 3. The Morgan fingerprint density at radius 1 is 1.19 bits per heavy atom. The van der Waals surface area contributed by atoms with Crippen LogP contribution in [0.4, 0.5) is 5.82 Å². The minimum absolute atomic E-state index is 0.0592. The van der Waals surface area contributed by atoms with Crippen LogP contribution in [0, 0.1) is 0 Å². The zero-order valence-electron chi connectivity index (χ0n) is 15.0. The van der Waals surface area contributed by atoms with Gasteiger partial charge in [0.2, 0.25) is 0 Å². The summed E-state index contributed by atoms with van der Waals surface area (Å²) in [6.07, 6.45) is 3.77. The summed E-state index contributed by atoms with van der Waals surface area (Å²) in [4.78, 5) is 4.57. The first-order chi connectivity index (χ1) is 12.8. The van der Waals surface area contributed by atoms with Crippen molar-refractivity contribution in [3.05, 3.63) is 59.9 Å². The van der Waals surface area contributed by atoms with Crippen LogP contribution in [-0.2, 0) is 21.5 Å². The Morgan fingerprint density at radius 3 is 2.77 bits per heavy atom. The van der Waals surface area contributed by atoms with Gasteiger partial charge in [0, 0.05) is 44.4 Å². The molecule has 136 valence electrons. The highest BCUT2D eigenvalue weighted by Crippen LogP contribution is 2.35. The zero-order chi connectivity index (χ0) is 17.8. The van der Waals surface area contributed by atoms with Gasteiger partial charge in [0.15, 0.2) is 5.65 Å². The molecule has 0 saturated carbocycles. The van der Waals surface area contributed by atoms with Crippen LogP contribution in [0.2, 0.25) is 0 Å². The Morgan fingerprint density at radius 2 is 2.00 bits per heavy atom. The van der Waals surface area contributed by atoms with Crippen molar-refractivity contribution in [1.29, 1.82) is 0 Å². The van der Waals surface area contributed by atoms with Gasteiger partial charge >= 0.3 is 0 Å². The average molecular weight is 352 g/mol. The molecule has 1 aliphatic heterocycles. The van der Waals surface area contributed by atoms with Crippen molar-refractivity contribution in [2.75, 3.05) is 32.2 Å². The number of methoxy groups -OCH3 is 1. The fraction of sp³-hybridized carbons (Fsp3) is 0.400. The third-order valence-corrected chi connectivity index (χ3v) is 5.15. The van der Waals surface area contributed by atoms with Crippen molar-refractivity contribution in [3.8, 4) is 0 Å². The van der Waals surface area contributed by atoms with Crippen LogP contribution < -0.4 is 5.32 Å². The van der Waals surface area contributed by atoms with E-state index in [0.717, 1.165) is 49.8 Å². The fourth-order valence-corrected chi connectivity index (χ4v) is 3.69. The highest BCUT2D eigenvalue weighted by Gasteiger charge is 2.34. The Kier molecular flexibility index (Phi) is 4.86. The van der Waals surface area contributed by atoms with Crippen LogP contribution in [0.3, 0.4) is 0 Å². The number of benzene rings is 1. The summed E-state index contributed by atoms with van der Waals surface area (Å²) in [5.74, 6) is 0.939. The lowest BCUT2D eigenvalue weighted by Gasteiger charge is -2.38. The third kappa shape index (κ3) is 3.30. The van der Waals surface area contributed by atoms with Crippen LogP contribution in [0.1, 0.15) is 24.1 Å². The molecule has 2 aromatic heterocycles. The van der Waals surface area contributed by atoms with Gasteiger partial charge in [0.05, 0.1) is 18.5 Å². The molecule has 1 N–H and O–H groups in total. The molecular weight excluding hydrogens is 328 g/mol. The van der Waals surface area contributed by atoms with E-state index in [2.05, 4.69) is 45.7 Å². The zero-order valence-corrected chi connectivity index (χ0v) is 15.0. The molecule has 6 nitrogen and oxygen atoms in total. The minimum Gasteiger partial charge on any atom is -0.381 e. The molecule has 0 atom stereocenters. The molecule has 4 rings (SSSR count). The van der Waals surface area contributed by atoms with E-state index in [-0.39, 0.29) is 5.41 Å². The standard InChI is InChI=1S/C20H24N4O2/c1-25-14-17-13-19(24-18(23-17)7-10-22-24)21-15-20(8-11-26-12-9-20)16-5-3-2-4-6-16/h2-7,10,13,21H,8-9,11-12,14-15H2,1H3. The Balaban J connectivity index is 1.64. The van der Waals surface area contributed by atoms with Crippen LogP contribution in [0.5, 0.6) is 0 Å². The molecule has 1 saturated heterocycles. The minimum atomic E-state index is 0.0592. The van der Waals surface area contributed by atoms with Crippen LogP contribution in [0.25, 0.3) is 5.65 Å². The van der Waals surface area contributed by atoms with Gasteiger partial charge in [0.25, 0.3) is 0 Å². The quantitative estimate of drug-likeness (QED) is 0.739. The molecular formula is C20H24N4O2. The fourth-order valence-electron chi connectivity index (χ4n) is 3.69. The summed E-state index contributed by atoms with van der Waals surface area (Å²) >= 11 is 0. The molecule has 0 unspecified atom stereocenters. The predicted molar refractivity (Wildman–Crippen MR) is 100 cm³/mol. The molecule has 0 radical (unpaired) electrons. The summed E-state index contributed by atoms with van der Waals surface area (Å²) in [5, 5.41) is 8.04. The number of anilines is 1. The number of fused-ring (bicyclic) bond motifs is 1. The SMILES string of the molecule is COCc1cc(NCC2(c3ccccc3)CCOCC2)n2nccc2n1. The Hall–Kier alpha value is -2.44. The Labute approximate surface area is 153 Å². The number of aromatic nitrogens is 3. The van der Waals surface area contributed by atoms with E-state index in [1.165, 1.54) is 5.56 Å². The van der Waals surface area contributed by atoms with Gasteiger partial charge in [-0.25, -0.2) is 4.98 Å². The molecule has 3 heterocycles. The van der Waals surface area contributed by atoms with Gasteiger partial charge in [-0.3, -0.25) is 0 Å². The maximum absolute atomic E-state index is 5.64. The topological polar surface area (TPSA) is 60.7 Å². The van der Waals surface area contributed by atoms with Crippen molar-refractivity contribution >= 4 is 11.5 Å².